The molecule has 0 saturated heterocycles. The molecular formula is C9H18N2OS. The Morgan fingerprint density at radius 3 is 2.77 bits per heavy atom. The van der Waals surface area contributed by atoms with E-state index in [4.69, 9.17) is 0 Å². The highest BCUT2D eigenvalue weighted by molar-refractivity contribution is 7.98. The lowest BCUT2D eigenvalue weighted by atomic mass is 10.4. The number of hydrogen-bond donors (Lipinski definition) is 2. The smallest absolute Gasteiger partial charge is 0.223 e. The van der Waals surface area contributed by atoms with Crippen LogP contribution in [0.5, 0.6) is 0 Å². The maximum Gasteiger partial charge on any atom is 0.223 e. The summed E-state index contributed by atoms with van der Waals surface area (Å²) in [4.78, 5) is 11.2. The summed E-state index contributed by atoms with van der Waals surface area (Å²) < 4.78 is 0. The average molecular weight is 202 g/mol. The Hall–Kier alpha value is -0.220. The maximum atomic E-state index is 11.2. The first-order valence-corrected chi connectivity index (χ1v) is 6.21. The zero-order chi connectivity index (χ0) is 9.52. The molecule has 0 unspecified atom stereocenters. The number of nitrogens with one attached hydrogen (secondary N) is 2. The third-order valence-electron chi connectivity index (χ3n) is 2.03. The molecule has 0 aliphatic heterocycles. The van der Waals surface area contributed by atoms with Gasteiger partial charge in [0, 0.05) is 31.3 Å². The quantitative estimate of drug-likeness (QED) is 0.590. The van der Waals surface area contributed by atoms with Crippen LogP contribution in [-0.2, 0) is 4.79 Å². The first-order chi connectivity index (χ1) is 6.34. The normalized spacial score (nSPS) is 15.8. The van der Waals surface area contributed by atoms with Crippen LogP contribution in [0.15, 0.2) is 0 Å². The summed E-state index contributed by atoms with van der Waals surface area (Å²) in [5, 5.41) is 6.18. The van der Waals surface area contributed by atoms with Gasteiger partial charge < -0.3 is 10.6 Å². The van der Waals surface area contributed by atoms with Crippen molar-refractivity contribution in [3.05, 3.63) is 0 Å². The van der Waals surface area contributed by atoms with Crippen LogP contribution in [0.3, 0.4) is 0 Å². The molecule has 76 valence electrons. The fraction of sp³-hybridized carbons (Fsp3) is 0.889. The summed E-state index contributed by atoms with van der Waals surface area (Å²) in [5.41, 5.74) is 0. The van der Waals surface area contributed by atoms with Gasteiger partial charge in [-0.05, 0) is 19.1 Å². The molecule has 1 amide bonds. The van der Waals surface area contributed by atoms with Crippen LogP contribution < -0.4 is 10.6 Å². The Balaban J connectivity index is 1.80. The lowest BCUT2D eigenvalue weighted by molar-refractivity contribution is -0.122. The molecule has 4 heteroatoms. The number of rotatable bonds is 7. The topological polar surface area (TPSA) is 41.1 Å². The van der Waals surface area contributed by atoms with E-state index in [0.717, 1.165) is 38.2 Å². The molecule has 0 spiro atoms. The third kappa shape index (κ3) is 5.16. The predicted octanol–water partition coefficient (Wildman–Crippen LogP) is 0.465. The molecule has 0 aromatic carbocycles. The Bertz CT molecular complexity index is 160. The minimum Gasteiger partial charge on any atom is -0.355 e. The molecule has 0 aromatic heterocycles. The van der Waals surface area contributed by atoms with Crippen LogP contribution in [-0.4, -0.2) is 37.6 Å². The molecule has 1 saturated carbocycles. The molecule has 0 atom stereocenters. The highest BCUT2D eigenvalue weighted by Crippen LogP contribution is 2.28. The van der Waals surface area contributed by atoms with Crippen LogP contribution in [0.4, 0.5) is 0 Å². The van der Waals surface area contributed by atoms with Gasteiger partial charge in [-0.1, -0.05) is 0 Å². The minimum atomic E-state index is 0.242. The maximum absolute atomic E-state index is 11.2. The van der Waals surface area contributed by atoms with Crippen molar-refractivity contribution >= 4 is 17.7 Å². The van der Waals surface area contributed by atoms with Crippen molar-refractivity contribution in [2.75, 3.05) is 31.6 Å². The second-order valence-electron chi connectivity index (χ2n) is 3.31. The Labute approximate surface area is 84.0 Å². The molecule has 1 aliphatic rings. The molecule has 3 nitrogen and oxygen atoms in total. The van der Waals surface area contributed by atoms with E-state index in [1.807, 2.05) is 11.8 Å². The molecule has 0 heterocycles. The van der Waals surface area contributed by atoms with E-state index in [-0.39, 0.29) is 5.91 Å². The van der Waals surface area contributed by atoms with Gasteiger partial charge in [0.15, 0.2) is 0 Å². The largest absolute Gasteiger partial charge is 0.355 e. The van der Waals surface area contributed by atoms with Gasteiger partial charge in [0.05, 0.1) is 0 Å². The SMILES string of the molecule is CSCCNCCNC(=O)C1CC1. The molecule has 0 bridgehead atoms. The summed E-state index contributed by atoms with van der Waals surface area (Å²) in [7, 11) is 0. The van der Waals surface area contributed by atoms with E-state index >= 15 is 0 Å². The molecule has 0 radical (unpaired) electrons. The fourth-order valence-corrected chi connectivity index (χ4v) is 1.41. The number of thioether (sulfide) groups is 1. The molecule has 13 heavy (non-hydrogen) atoms. The summed E-state index contributed by atoms with van der Waals surface area (Å²) in [6.07, 6.45) is 4.27. The van der Waals surface area contributed by atoms with Gasteiger partial charge in [-0.2, -0.15) is 11.8 Å². The van der Waals surface area contributed by atoms with E-state index in [9.17, 15) is 4.79 Å². The first kappa shape index (κ1) is 10.9. The Morgan fingerprint density at radius 1 is 1.38 bits per heavy atom. The van der Waals surface area contributed by atoms with Gasteiger partial charge in [0.2, 0.25) is 5.91 Å². The molecule has 1 rings (SSSR count). The van der Waals surface area contributed by atoms with Gasteiger partial charge >= 0.3 is 0 Å². The Morgan fingerprint density at radius 2 is 2.15 bits per heavy atom. The molecule has 1 fully saturated rings. The number of carbonyl (C=O) groups excluding carboxylic acids is 1. The van der Waals surface area contributed by atoms with Crippen molar-refractivity contribution in [3.63, 3.8) is 0 Å². The van der Waals surface area contributed by atoms with E-state index in [1.54, 1.807) is 0 Å². The Kier molecular flexibility index (Phi) is 5.23. The van der Waals surface area contributed by atoms with E-state index in [0.29, 0.717) is 5.92 Å². The standard InChI is InChI=1S/C9H18N2OS/c1-13-7-6-10-4-5-11-9(12)8-2-3-8/h8,10H,2-7H2,1H3,(H,11,12). The van der Waals surface area contributed by atoms with E-state index < -0.39 is 0 Å². The van der Waals surface area contributed by atoms with Crippen LogP contribution in [0, 0.1) is 5.92 Å². The molecule has 1 aliphatic carbocycles. The van der Waals surface area contributed by atoms with Crippen LogP contribution in [0.2, 0.25) is 0 Å². The lowest BCUT2D eigenvalue weighted by Gasteiger charge is -2.05. The zero-order valence-electron chi connectivity index (χ0n) is 8.14. The number of amides is 1. The summed E-state index contributed by atoms with van der Waals surface area (Å²) in [5.74, 6) is 1.72. The second-order valence-corrected chi connectivity index (χ2v) is 4.29. The molecule has 0 aromatic rings. The molecule has 2 N–H and O–H groups in total. The van der Waals surface area contributed by atoms with Crippen molar-refractivity contribution < 1.29 is 4.79 Å². The number of carbonyl (C=O) groups is 1. The highest BCUT2D eigenvalue weighted by atomic mass is 32.2. The summed E-state index contributed by atoms with van der Waals surface area (Å²) in [6.45, 7) is 2.68. The van der Waals surface area contributed by atoms with Crippen molar-refractivity contribution in [2.45, 2.75) is 12.8 Å². The first-order valence-electron chi connectivity index (χ1n) is 4.82. The van der Waals surface area contributed by atoms with Gasteiger partial charge in [-0.3, -0.25) is 4.79 Å². The zero-order valence-corrected chi connectivity index (χ0v) is 8.95. The fourth-order valence-electron chi connectivity index (χ4n) is 1.06. The summed E-state index contributed by atoms with van der Waals surface area (Å²) in [6, 6.07) is 0. The van der Waals surface area contributed by atoms with Crippen LogP contribution in [0.25, 0.3) is 0 Å². The van der Waals surface area contributed by atoms with Crippen molar-refractivity contribution in [3.8, 4) is 0 Å². The monoisotopic (exact) mass is 202 g/mol. The summed E-state index contributed by atoms with van der Waals surface area (Å²) >= 11 is 1.83. The lowest BCUT2D eigenvalue weighted by Crippen LogP contribution is -2.33. The molecular weight excluding hydrogens is 184 g/mol. The van der Waals surface area contributed by atoms with E-state index in [2.05, 4.69) is 16.9 Å². The van der Waals surface area contributed by atoms with Gasteiger partial charge in [0.25, 0.3) is 0 Å². The van der Waals surface area contributed by atoms with Crippen molar-refractivity contribution in [2.24, 2.45) is 5.92 Å². The highest BCUT2D eigenvalue weighted by Gasteiger charge is 2.28. The third-order valence-corrected chi connectivity index (χ3v) is 2.64. The van der Waals surface area contributed by atoms with Crippen LogP contribution >= 0.6 is 11.8 Å². The second kappa shape index (κ2) is 6.27. The van der Waals surface area contributed by atoms with E-state index in [1.165, 1.54) is 0 Å². The predicted molar refractivity (Wildman–Crippen MR) is 57.0 cm³/mol. The van der Waals surface area contributed by atoms with Crippen molar-refractivity contribution in [1.82, 2.24) is 10.6 Å². The average Bonchev–Trinajstić information content (AvgIpc) is 2.93. The number of hydrogen-bond acceptors (Lipinski definition) is 3. The van der Waals surface area contributed by atoms with Crippen molar-refractivity contribution in [1.29, 1.82) is 0 Å². The van der Waals surface area contributed by atoms with Gasteiger partial charge in [-0.15, -0.1) is 0 Å². The van der Waals surface area contributed by atoms with Gasteiger partial charge in [-0.25, -0.2) is 0 Å². The van der Waals surface area contributed by atoms with Crippen LogP contribution in [0.1, 0.15) is 12.8 Å². The van der Waals surface area contributed by atoms with Gasteiger partial charge in [0.1, 0.15) is 0 Å². The minimum absolute atomic E-state index is 0.242.